The van der Waals surface area contributed by atoms with Crippen molar-refractivity contribution in [2.75, 3.05) is 33.1 Å². The SMILES string of the molecule is COc1ccc(C(CNC(=O)Nc2cccc(-n3nnnc3C)c2)N(C)C)cc1. The van der Waals surface area contributed by atoms with E-state index in [4.69, 9.17) is 4.74 Å². The molecule has 0 spiro atoms. The van der Waals surface area contributed by atoms with Crippen LogP contribution < -0.4 is 15.4 Å². The summed E-state index contributed by atoms with van der Waals surface area (Å²) < 4.78 is 6.82. The number of likely N-dealkylation sites (N-methyl/N-ethyl adjacent to an activating group) is 1. The molecule has 2 aromatic carbocycles. The molecule has 0 aliphatic heterocycles. The summed E-state index contributed by atoms with van der Waals surface area (Å²) in [5, 5.41) is 17.3. The zero-order valence-electron chi connectivity index (χ0n) is 17.0. The highest BCUT2D eigenvalue weighted by molar-refractivity contribution is 5.89. The van der Waals surface area contributed by atoms with E-state index in [1.807, 2.05) is 69.6 Å². The molecule has 2 N–H and O–H groups in total. The van der Waals surface area contributed by atoms with Crippen molar-refractivity contribution < 1.29 is 9.53 Å². The molecule has 152 valence electrons. The quantitative estimate of drug-likeness (QED) is 0.638. The summed E-state index contributed by atoms with van der Waals surface area (Å²) in [7, 11) is 5.60. The van der Waals surface area contributed by atoms with Gasteiger partial charge in [0, 0.05) is 12.2 Å². The molecular formula is C20H25N7O2. The Bertz CT molecular complexity index is 953. The third-order valence-corrected chi connectivity index (χ3v) is 4.55. The molecule has 0 fully saturated rings. The van der Waals surface area contributed by atoms with Gasteiger partial charge in [-0.25, -0.2) is 4.79 Å². The molecule has 29 heavy (non-hydrogen) atoms. The Morgan fingerprint density at radius 1 is 1.21 bits per heavy atom. The summed E-state index contributed by atoms with van der Waals surface area (Å²) in [5.74, 6) is 1.47. The van der Waals surface area contributed by atoms with Crippen molar-refractivity contribution in [3.05, 3.63) is 59.9 Å². The van der Waals surface area contributed by atoms with E-state index in [9.17, 15) is 4.79 Å². The van der Waals surface area contributed by atoms with Crippen molar-refractivity contribution >= 4 is 11.7 Å². The number of amides is 2. The molecule has 3 rings (SSSR count). The predicted octanol–water partition coefficient (Wildman–Crippen LogP) is 2.40. The molecule has 2 amide bonds. The summed E-state index contributed by atoms with van der Waals surface area (Å²) in [6.45, 7) is 2.27. The molecule has 1 aromatic heterocycles. The predicted molar refractivity (Wildman–Crippen MR) is 110 cm³/mol. The number of hydrogen-bond acceptors (Lipinski definition) is 6. The van der Waals surface area contributed by atoms with Gasteiger partial charge in [0.25, 0.3) is 0 Å². The largest absolute Gasteiger partial charge is 0.497 e. The molecule has 1 atom stereocenters. The fraction of sp³-hybridized carbons (Fsp3) is 0.300. The van der Waals surface area contributed by atoms with E-state index >= 15 is 0 Å². The molecule has 9 nitrogen and oxygen atoms in total. The second-order valence-corrected chi connectivity index (χ2v) is 6.78. The first-order chi connectivity index (χ1) is 14.0. The Morgan fingerprint density at radius 2 is 1.97 bits per heavy atom. The Morgan fingerprint density at radius 3 is 2.59 bits per heavy atom. The van der Waals surface area contributed by atoms with Crippen LogP contribution in [0.25, 0.3) is 5.69 Å². The Hall–Kier alpha value is -3.46. The van der Waals surface area contributed by atoms with Crippen molar-refractivity contribution in [1.29, 1.82) is 0 Å². The van der Waals surface area contributed by atoms with Crippen molar-refractivity contribution in [3.63, 3.8) is 0 Å². The van der Waals surface area contributed by atoms with Crippen LogP contribution in [0.1, 0.15) is 17.4 Å². The van der Waals surface area contributed by atoms with Gasteiger partial charge in [-0.2, -0.15) is 4.68 Å². The van der Waals surface area contributed by atoms with Crippen LogP contribution in [-0.4, -0.2) is 58.9 Å². The fourth-order valence-electron chi connectivity index (χ4n) is 2.97. The van der Waals surface area contributed by atoms with Crippen molar-refractivity contribution in [3.8, 4) is 11.4 Å². The van der Waals surface area contributed by atoms with E-state index in [1.54, 1.807) is 11.8 Å². The van der Waals surface area contributed by atoms with Crippen LogP contribution >= 0.6 is 0 Å². The minimum atomic E-state index is -0.282. The van der Waals surface area contributed by atoms with Gasteiger partial charge in [0.15, 0.2) is 5.82 Å². The van der Waals surface area contributed by atoms with Crippen LogP contribution in [0.5, 0.6) is 5.75 Å². The van der Waals surface area contributed by atoms with Crippen LogP contribution in [0.4, 0.5) is 10.5 Å². The number of tetrazole rings is 1. The van der Waals surface area contributed by atoms with Gasteiger partial charge < -0.3 is 20.3 Å². The third kappa shape index (κ3) is 5.08. The average molecular weight is 395 g/mol. The number of nitrogens with zero attached hydrogens (tertiary/aromatic N) is 5. The molecule has 0 aliphatic carbocycles. The lowest BCUT2D eigenvalue weighted by atomic mass is 10.1. The second-order valence-electron chi connectivity index (χ2n) is 6.78. The fourth-order valence-corrected chi connectivity index (χ4v) is 2.97. The maximum atomic E-state index is 12.4. The number of rotatable bonds is 7. The lowest BCUT2D eigenvalue weighted by molar-refractivity contribution is 0.243. The third-order valence-electron chi connectivity index (χ3n) is 4.55. The van der Waals surface area contributed by atoms with Gasteiger partial charge in [0.1, 0.15) is 5.75 Å². The van der Waals surface area contributed by atoms with E-state index < -0.39 is 0 Å². The van der Waals surface area contributed by atoms with Gasteiger partial charge >= 0.3 is 6.03 Å². The number of ether oxygens (including phenoxy) is 1. The summed E-state index contributed by atoms with van der Waals surface area (Å²) in [4.78, 5) is 14.5. The monoisotopic (exact) mass is 395 g/mol. The van der Waals surface area contributed by atoms with Crippen LogP contribution in [0, 0.1) is 6.92 Å². The number of hydrogen-bond donors (Lipinski definition) is 2. The smallest absolute Gasteiger partial charge is 0.319 e. The zero-order chi connectivity index (χ0) is 20.8. The standard InChI is InChI=1S/C20H25N7O2/c1-14-23-24-25-27(14)17-7-5-6-16(12-17)22-20(28)21-13-19(26(2)3)15-8-10-18(29-4)11-9-15/h5-12,19H,13H2,1-4H3,(H2,21,22,28). The van der Waals surface area contributed by atoms with Crippen LogP contribution in [0.15, 0.2) is 48.5 Å². The Kier molecular flexibility index (Phi) is 6.40. The number of urea groups is 1. The number of carbonyl (C=O) groups excluding carboxylic acids is 1. The first-order valence-electron chi connectivity index (χ1n) is 9.18. The molecule has 0 saturated heterocycles. The molecule has 1 unspecified atom stereocenters. The summed E-state index contributed by atoms with van der Waals surface area (Å²) >= 11 is 0. The normalized spacial score (nSPS) is 11.9. The maximum Gasteiger partial charge on any atom is 0.319 e. The number of aromatic nitrogens is 4. The second kappa shape index (κ2) is 9.16. The summed E-state index contributed by atoms with van der Waals surface area (Å²) in [6.07, 6.45) is 0. The first-order valence-corrected chi connectivity index (χ1v) is 9.18. The highest BCUT2D eigenvalue weighted by atomic mass is 16.5. The van der Waals surface area contributed by atoms with Crippen molar-refractivity contribution in [2.24, 2.45) is 0 Å². The minimum absolute atomic E-state index is 0.0295. The molecule has 0 radical (unpaired) electrons. The number of aryl methyl sites for hydroxylation is 1. The van der Waals surface area contributed by atoms with Crippen molar-refractivity contribution in [2.45, 2.75) is 13.0 Å². The van der Waals surface area contributed by atoms with E-state index in [1.165, 1.54) is 0 Å². The lowest BCUT2D eigenvalue weighted by Crippen LogP contribution is -2.36. The molecule has 0 saturated carbocycles. The van der Waals surface area contributed by atoms with Gasteiger partial charge in [0.05, 0.1) is 18.8 Å². The molecule has 3 aromatic rings. The van der Waals surface area contributed by atoms with Gasteiger partial charge in [-0.1, -0.05) is 18.2 Å². The lowest BCUT2D eigenvalue weighted by Gasteiger charge is -2.25. The van der Waals surface area contributed by atoms with Crippen LogP contribution in [0.2, 0.25) is 0 Å². The minimum Gasteiger partial charge on any atom is -0.497 e. The zero-order valence-corrected chi connectivity index (χ0v) is 17.0. The number of methoxy groups -OCH3 is 1. The molecule has 0 aliphatic rings. The molecular weight excluding hydrogens is 370 g/mol. The maximum absolute atomic E-state index is 12.4. The summed E-state index contributed by atoms with van der Waals surface area (Å²) in [5.41, 5.74) is 2.52. The summed E-state index contributed by atoms with van der Waals surface area (Å²) in [6, 6.07) is 14.9. The Labute approximate surface area is 169 Å². The van der Waals surface area contributed by atoms with Crippen LogP contribution in [-0.2, 0) is 0 Å². The molecule has 9 heteroatoms. The highest BCUT2D eigenvalue weighted by Crippen LogP contribution is 2.21. The van der Waals surface area contributed by atoms with Gasteiger partial charge in [-0.15, -0.1) is 5.10 Å². The van der Waals surface area contributed by atoms with E-state index in [0.717, 1.165) is 17.0 Å². The van der Waals surface area contributed by atoms with Gasteiger partial charge in [-0.05, 0) is 67.3 Å². The van der Waals surface area contributed by atoms with Gasteiger partial charge in [-0.3, -0.25) is 0 Å². The first kappa shape index (κ1) is 20.3. The topological polar surface area (TPSA) is 97.2 Å². The van der Waals surface area contributed by atoms with E-state index in [2.05, 4.69) is 31.1 Å². The molecule has 0 bridgehead atoms. The van der Waals surface area contributed by atoms with Crippen LogP contribution in [0.3, 0.4) is 0 Å². The van der Waals surface area contributed by atoms with E-state index in [-0.39, 0.29) is 12.1 Å². The highest BCUT2D eigenvalue weighted by Gasteiger charge is 2.15. The Balaban J connectivity index is 1.63. The number of anilines is 1. The van der Waals surface area contributed by atoms with E-state index in [0.29, 0.717) is 18.1 Å². The number of carbonyl (C=O) groups is 1. The van der Waals surface area contributed by atoms with Crippen molar-refractivity contribution in [1.82, 2.24) is 30.4 Å². The average Bonchev–Trinajstić information content (AvgIpc) is 3.14. The molecule has 1 heterocycles. The number of nitrogens with one attached hydrogen (secondary N) is 2. The van der Waals surface area contributed by atoms with Gasteiger partial charge in [0.2, 0.25) is 0 Å². The number of benzene rings is 2.